The summed E-state index contributed by atoms with van der Waals surface area (Å²) in [5.74, 6) is 0. The summed E-state index contributed by atoms with van der Waals surface area (Å²) in [5.41, 5.74) is 0.766. The topological polar surface area (TPSA) is 60.2 Å². The van der Waals surface area contributed by atoms with Crippen molar-refractivity contribution in [2.75, 3.05) is 0 Å². The molecule has 0 aliphatic rings. The summed E-state index contributed by atoms with van der Waals surface area (Å²) in [5, 5.41) is 10.3. The summed E-state index contributed by atoms with van der Waals surface area (Å²) in [6.45, 7) is 0. The Morgan fingerprint density at radius 2 is 2.23 bits per heavy atom. The van der Waals surface area contributed by atoms with Crippen LogP contribution >= 0.6 is 15.9 Å². The van der Waals surface area contributed by atoms with Gasteiger partial charge in [0.25, 0.3) is 5.69 Å². The number of benzene rings is 1. The second-order valence-corrected chi connectivity index (χ2v) is 3.26. The van der Waals surface area contributed by atoms with Gasteiger partial charge < -0.3 is 4.79 Å². The smallest absolute Gasteiger partial charge is 0.270 e. The van der Waals surface area contributed by atoms with Gasteiger partial charge in [0.15, 0.2) is 0 Å². The number of nitro groups is 1. The Hall–Kier alpha value is -1.23. The fourth-order valence-electron chi connectivity index (χ4n) is 0.905. The molecule has 0 spiro atoms. The van der Waals surface area contributed by atoms with Gasteiger partial charge in [0, 0.05) is 23.0 Å². The SMILES string of the molecule is O=CCc1ccc([N+](=O)[O-])cc1Br. The summed E-state index contributed by atoms with van der Waals surface area (Å²) in [7, 11) is 0. The molecule has 4 nitrogen and oxygen atoms in total. The van der Waals surface area contributed by atoms with Crippen LogP contribution in [0.5, 0.6) is 0 Å². The van der Waals surface area contributed by atoms with Crippen LogP contribution in [0, 0.1) is 10.1 Å². The Morgan fingerprint density at radius 3 is 2.69 bits per heavy atom. The molecule has 0 radical (unpaired) electrons. The maximum absolute atomic E-state index is 10.3. The summed E-state index contributed by atoms with van der Waals surface area (Å²) >= 11 is 3.15. The summed E-state index contributed by atoms with van der Waals surface area (Å²) < 4.78 is 0.591. The lowest BCUT2D eigenvalue weighted by atomic mass is 10.1. The molecule has 68 valence electrons. The lowest BCUT2D eigenvalue weighted by Gasteiger charge is -1.98. The number of halogens is 1. The standard InChI is InChI=1S/C8H6BrNO3/c9-8-5-7(10(12)13)2-1-6(8)3-4-11/h1-2,4-5H,3H2. The number of hydrogen-bond donors (Lipinski definition) is 0. The fourth-order valence-corrected chi connectivity index (χ4v) is 1.43. The molecule has 0 unspecified atom stereocenters. The highest BCUT2D eigenvalue weighted by Gasteiger charge is 2.07. The predicted molar refractivity (Wildman–Crippen MR) is 50.6 cm³/mol. The lowest BCUT2D eigenvalue weighted by Crippen LogP contribution is -1.91. The van der Waals surface area contributed by atoms with Crippen molar-refractivity contribution in [3.8, 4) is 0 Å². The second-order valence-electron chi connectivity index (χ2n) is 2.40. The van der Waals surface area contributed by atoms with Crippen molar-refractivity contribution >= 4 is 27.9 Å². The molecule has 5 heteroatoms. The molecule has 1 aromatic rings. The Morgan fingerprint density at radius 1 is 1.54 bits per heavy atom. The van der Waals surface area contributed by atoms with E-state index in [4.69, 9.17) is 0 Å². The third-order valence-electron chi connectivity index (χ3n) is 1.55. The zero-order chi connectivity index (χ0) is 9.84. The first-order chi connectivity index (χ1) is 6.15. The number of rotatable bonds is 3. The molecule has 1 rings (SSSR count). The monoisotopic (exact) mass is 243 g/mol. The lowest BCUT2D eigenvalue weighted by molar-refractivity contribution is -0.384. The molecule has 0 saturated heterocycles. The summed E-state index contributed by atoms with van der Waals surface area (Å²) in [6, 6.07) is 4.33. The molecule has 0 fully saturated rings. The number of aldehydes is 1. The molecule has 0 N–H and O–H groups in total. The van der Waals surface area contributed by atoms with E-state index in [1.807, 2.05) is 0 Å². The Balaban J connectivity index is 3.04. The van der Waals surface area contributed by atoms with Crippen LogP contribution in [-0.2, 0) is 11.2 Å². The molecular formula is C8H6BrNO3. The van der Waals surface area contributed by atoms with E-state index >= 15 is 0 Å². The van der Waals surface area contributed by atoms with Crippen LogP contribution in [0.1, 0.15) is 5.56 Å². The molecule has 1 aromatic carbocycles. The van der Waals surface area contributed by atoms with Gasteiger partial charge in [-0.2, -0.15) is 0 Å². The summed E-state index contributed by atoms with van der Waals surface area (Å²) in [6.07, 6.45) is 1.02. The van der Waals surface area contributed by atoms with Crippen molar-refractivity contribution in [2.45, 2.75) is 6.42 Å². The van der Waals surface area contributed by atoms with Gasteiger partial charge in [-0.25, -0.2) is 0 Å². The van der Waals surface area contributed by atoms with Crippen molar-refractivity contribution < 1.29 is 9.72 Å². The first-order valence-corrected chi connectivity index (χ1v) is 4.31. The largest absolute Gasteiger partial charge is 0.303 e. The zero-order valence-corrected chi connectivity index (χ0v) is 8.15. The minimum absolute atomic E-state index is 0.0153. The first kappa shape index (κ1) is 9.85. The Kier molecular flexibility index (Phi) is 3.13. The molecule has 0 heterocycles. The van der Waals surface area contributed by atoms with Crippen LogP contribution in [-0.4, -0.2) is 11.2 Å². The third kappa shape index (κ3) is 2.35. The molecule has 0 aromatic heterocycles. The minimum Gasteiger partial charge on any atom is -0.303 e. The number of nitrogens with zero attached hydrogens (tertiary/aromatic N) is 1. The van der Waals surface area contributed by atoms with Gasteiger partial charge in [-0.1, -0.05) is 22.0 Å². The van der Waals surface area contributed by atoms with Gasteiger partial charge in [-0.05, 0) is 5.56 Å². The van der Waals surface area contributed by atoms with Gasteiger partial charge in [-0.15, -0.1) is 0 Å². The average Bonchev–Trinajstić information content (AvgIpc) is 2.08. The van der Waals surface area contributed by atoms with Gasteiger partial charge in [-0.3, -0.25) is 10.1 Å². The minimum atomic E-state index is -0.477. The quantitative estimate of drug-likeness (QED) is 0.464. The van der Waals surface area contributed by atoms with Crippen LogP contribution in [0.3, 0.4) is 0 Å². The maximum Gasteiger partial charge on any atom is 0.270 e. The van der Waals surface area contributed by atoms with Crippen molar-refractivity contribution in [1.82, 2.24) is 0 Å². The van der Waals surface area contributed by atoms with E-state index in [1.54, 1.807) is 6.07 Å². The number of nitro benzene ring substituents is 1. The van der Waals surface area contributed by atoms with Crippen LogP contribution in [0.4, 0.5) is 5.69 Å². The third-order valence-corrected chi connectivity index (χ3v) is 2.29. The molecule has 0 amide bonds. The highest BCUT2D eigenvalue weighted by Crippen LogP contribution is 2.22. The molecule has 0 aliphatic heterocycles. The number of carbonyl (C=O) groups is 1. The number of hydrogen-bond acceptors (Lipinski definition) is 3. The van der Waals surface area contributed by atoms with Crippen molar-refractivity contribution in [2.24, 2.45) is 0 Å². The van der Waals surface area contributed by atoms with Crippen molar-refractivity contribution in [3.05, 3.63) is 38.3 Å². The van der Waals surface area contributed by atoms with Gasteiger partial charge in [0.2, 0.25) is 0 Å². The normalized spacial score (nSPS) is 9.62. The highest BCUT2D eigenvalue weighted by molar-refractivity contribution is 9.10. The van der Waals surface area contributed by atoms with Crippen LogP contribution in [0.2, 0.25) is 0 Å². The molecule has 0 atom stereocenters. The van der Waals surface area contributed by atoms with Crippen molar-refractivity contribution in [1.29, 1.82) is 0 Å². The van der Waals surface area contributed by atoms with Crippen LogP contribution in [0.15, 0.2) is 22.7 Å². The molecule has 0 saturated carbocycles. The predicted octanol–water partition coefficient (Wildman–Crippen LogP) is 2.10. The summed E-state index contributed by atoms with van der Waals surface area (Å²) in [4.78, 5) is 20.1. The van der Waals surface area contributed by atoms with E-state index < -0.39 is 4.92 Å². The van der Waals surface area contributed by atoms with E-state index in [0.29, 0.717) is 4.47 Å². The Bertz CT molecular complexity index is 351. The van der Waals surface area contributed by atoms with Crippen LogP contribution < -0.4 is 0 Å². The number of non-ortho nitro benzene ring substituents is 1. The van der Waals surface area contributed by atoms with Gasteiger partial charge in [0.1, 0.15) is 6.29 Å². The van der Waals surface area contributed by atoms with Crippen molar-refractivity contribution in [3.63, 3.8) is 0 Å². The second kappa shape index (κ2) is 4.13. The average molecular weight is 244 g/mol. The fraction of sp³-hybridized carbons (Fsp3) is 0.125. The van der Waals surface area contributed by atoms with Gasteiger partial charge in [0.05, 0.1) is 4.92 Å². The molecule has 0 aliphatic carbocycles. The van der Waals surface area contributed by atoms with E-state index in [-0.39, 0.29) is 12.1 Å². The van der Waals surface area contributed by atoms with Crippen LogP contribution in [0.25, 0.3) is 0 Å². The van der Waals surface area contributed by atoms with E-state index in [2.05, 4.69) is 15.9 Å². The van der Waals surface area contributed by atoms with E-state index in [1.165, 1.54) is 12.1 Å². The molecular weight excluding hydrogens is 238 g/mol. The van der Waals surface area contributed by atoms with E-state index in [0.717, 1.165) is 11.8 Å². The Labute approximate surface area is 82.8 Å². The molecule has 0 bridgehead atoms. The highest BCUT2D eigenvalue weighted by atomic mass is 79.9. The van der Waals surface area contributed by atoms with Gasteiger partial charge >= 0.3 is 0 Å². The maximum atomic E-state index is 10.3. The molecule has 13 heavy (non-hydrogen) atoms. The first-order valence-electron chi connectivity index (χ1n) is 3.51. The zero-order valence-electron chi connectivity index (χ0n) is 6.57. The van der Waals surface area contributed by atoms with E-state index in [9.17, 15) is 14.9 Å². The number of carbonyl (C=O) groups excluding carboxylic acids is 1.